The van der Waals surface area contributed by atoms with Crippen LogP contribution in [0.1, 0.15) is 5.56 Å². The van der Waals surface area contributed by atoms with E-state index in [1.165, 1.54) is 6.20 Å². The summed E-state index contributed by atoms with van der Waals surface area (Å²) in [5.74, 6) is 0.573. The molecule has 17 heavy (non-hydrogen) atoms. The van der Waals surface area contributed by atoms with Crippen LogP contribution in [0.15, 0.2) is 24.7 Å². The third-order valence-corrected chi connectivity index (χ3v) is 2.15. The second-order valence-electron chi connectivity index (χ2n) is 3.37. The van der Waals surface area contributed by atoms with Gasteiger partial charge in [0.15, 0.2) is 0 Å². The average molecular weight is 229 g/mol. The topological polar surface area (TPSA) is 105 Å². The van der Waals surface area contributed by atoms with Gasteiger partial charge in [-0.3, -0.25) is 4.68 Å². The van der Waals surface area contributed by atoms with E-state index in [0.29, 0.717) is 30.2 Å². The molecule has 0 radical (unpaired) electrons. The molecule has 7 nitrogen and oxygen atoms in total. The first-order valence-electron chi connectivity index (χ1n) is 5.03. The Bertz CT molecular complexity index is 526. The van der Waals surface area contributed by atoms with E-state index in [1.807, 2.05) is 6.07 Å². The summed E-state index contributed by atoms with van der Waals surface area (Å²) in [6, 6.07) is 3.57. The first kappa shape index (κ1) is 10.9. The Morgan fingerprint density at radius 2 is 2.41 bits per heavy atom. The van der Waals surface area contributed by atoms with Crippen LogP contribution in [0.3, 0.4) is 0 Å². The molecule has 0 fully saturated rings. The Morgan fingerprint density at radius 3 is 3.06 bits per heavy atom. The largest absolute Gasteiger partial charge is 0.396 e. The fraction of sp³-hybridized carbons (Fsp3) is 0.200. The molecular formula is C10H11N7. The van der Waals surface area contributed by atoms with Crippen molar-refractivity contribution in [3.63, 3.8) is 0 Å². The van der Waals surface area contributed by atoms with Gasteiger partial charge in [-0.1, -0.05) is 5.21 Å². The lowest BCUT2D eigenvalue weighted by Crippen LogP contribution is -2.13. The summed E-state index contributed by atoms with van der Waals surface area (Å²) in [7, 11) is 0. The van der Waals surface area contributed by atoms with Gasteiger partial charge in [0.25, 0.3) is 0 Å². The Balaban J connectivity index is 1.93. The highest BCUT2D eigenvalue weighted by Gasteiger charge is 2.01. The minimum absolute atomic E-state index is 0.448. The molecule has 0 aliphatic carbocycles. The molecule has 0 unspecified atom stereocenters. The average Bonchev–Trinajstić information content (AvgIpc) is 2.84. The first-order valence-corrected chi connectivity index (χ1v) is 5.03. The minimum atomic E-state index is 0.448. The van der Waals surface area contributed by atoms with Gasteiger partial charge in [0.05, 0.1) is 24.0 Å². The summed E-state index contributed by atoms with van der Waals surface area (Å²) >= 11 is 0. The predicted molar refractivity (Wildman–Crippen MR) is 61.9 cm³/mol. The van der Waals surface area contributed by atoms with Crippen molar-refractivity contribution >= 4 is 11.5 Å². The monoisotopic (exact) mass is 229 g/mol. The third kappa shape index (κ3) is 2.69. The Kier molecular flexibility index (Phi) is 3.16. The maximum atomic E-state index is 8.67. The van der Waals surface area contributed by atoms with E-state index in [9.17, 15) is 0 Å². The molecule has 2 rings (SSSR count). The lowest BCUT2D eigenvalue weighted by molar-refractivity contribution is 0.608. The normalized spacial score (nSPS) is 9.82. The van der Waals surface area contributed by atoms with E-state index >= 15 is 0 Å². The number of hydrogen-bond acceptors (Lipinski definition) is 6. The van der Waals surface area contributed by atoms with Crippen LogP contribution in [0, 0.1) is 11.3 Å². The van der Waals surface area contributed by atoms with Crippen LogP contribution in [0.25, 0.3) is 0 Å². The Hall–Kier alpha value is -2.62. The van der Waals surface area contributed by atoms with Crippen molar-refractivity contribution < 1.29 is 0 Å². The van der Waals surface area contributed by atoms with Crippen molar-refractivity contribution in [1.29, 1.82) is 5.26 Å². The molecule has 0 atom stereocenters. The summed E-state index contributed by atoms with van der Waals surface area (Å²) in [5, 5.41) is 19.3. The van der Waals surface area contributed by atoms with E-state index in [1.54, 1.807) is 23.1 Å². The van der Waals surface area contributed by atoms with Gasteiger partial charge in [-0.2, -0.15) is 5.26 Å². The van der Waals surface area contributed by atoms with E-state index < -0.39 is 0 Å². The summed E-state index contributed by atoms with van der Waals surface area (Å²) in [6.07, 6.45) is 4.87. The summed E-state index contributed by atoms with van der Waals surface area (Å²) in [6.45, 7) is 1.30. The van der Waals surface area contributed by atoms with Crippen molar-refractivity contribution in [2.24, 2.45) is 0 Å². The smallest absolute Gasteiger partial charge is 0.149 e. The van der Waals surface area contributed by atoms with Gasteiger partial charge in [-0.15, -0.1) is 5.10 Å². The molecule has 2 aromatic heterocycles. The maximum absolute atomic E-state index is 8.67. The zero-order valence-electron chi connectivity index (χ0n) is 9.04. The van der Waals surface area contributed by atoms with Crippen LogP contribution < -0.4 is 11.1 Å². The summed E-state index contributed by atoms with van der Waals surface area (Å²) in [4.78, 5) is 4.06. The molecule has 0 amide bonds. The lowest BCUT2D eigenvalue weighted by Gasteiger charge is -2.07. The van der Waals surface area contributed by atoms with Crippen LogP contribution in [0.4, 0.5) is 11.5 Å². The lowest BCUT2D eigenvalue weighted by atomic mass is 10.3. The highest BCUT2D eigenvalue weighted by atomic mass is 15.4. The quantitative estimate of drug-likeness (QED) is 0.777. The number of nitrogens with two attached hydrogens (primary N) is 1. The van der Waals surface area contributed by atoms with Gasteiger partial charge in [0.2, 0.25) is 0 Å². The van der Waals surface area contributed by atoms with E-state index in [4.69, 9.17) is 11.0 Å². The number of anilines is 2. The van der Waals surface area contributed by atoms with Gasteiger partial charge in [0, 0.05) is 18.9 Å². The molecule has 0 saturated carbocycles. The number of hydrogen-bond donors (Lipinski definition) is 2. The molecule has 3 N–H and O–H groups in total. The molecule has 0 aliphatic rings. The first-order chi connectivity index (χ1) is 8.29. The SMILES string of the molecule is N#Cc1cnc(NCCn2ccnn2)c(N)c1. The highest BCUT2D eigenvalue weighted by Crippen LogP contribution is 2.15. The number of nitrogens with one attached hydrogen (secondary N) is 1. The van der Waals surface area contributed by atoms with E-state index in [-0.39, 0.29) is 0 Å². The minimum Gasteiger partial charge on any atom is -0.396 e. The molecule has 2 aromatic rings. The van der Waals surface area contributed by atoms with Crippen LogP contribution >= 0.6 is 0 Å². The van der Waals surface area contributed by atoms with E-state index in [0.717, 1.165) is 0 Å². The zero-order valence-corrected chi connectivity index (χ0v) is 9.04. The molecule has 86 valence electrons. The molecule has 0 bridgehead atoms. The fourth-order valence-corrected chi connectivity index (χ4v) is 1.33. The van der Waals surface area contributed by atoms with Crippen molar-refractivity contribution in [2.75, 3.05) is 17.6 Å². The van der Waals surface area contributed by atoms with Gasteiger partial charge in [0.1, 0.15) is 11.9 Å². The molecule has 0 spiro atoms. The molecule has 7 heteroatoms. The van der Waals surface area contributed by atoms with Crippen molar-refractivity contribution in [3.8, 4) is 6.07 Å². The maximum Gasteiger partial charge on any atom is 0.149 e. The van der Waals surface area contributed by atoms with Crippen molar-refractivity contribution in [1.82, 2.24) is 20.0 Å². The number of nitriles is 1. The number of nitrogens with zero attached hydrogens (tertiary/aromatic N) is 5. The second kappa shape index (κ2) is 4.94. The molecule has 0 aliphatic heterocycles. The molecular weight excluding hydrogens is 218 g/mol. The molecule has 0 saturated heterocycles. The van der Waals surface area contributed by atoms with Gasteiger partial charge in [-0.05, 0) is 6.07 Å². The van der Waals surface area contributed by atoms with Crippen LogP contribution in [0.5, 0.6) is 0 Å². The zero-order chi connectivity index (χ0) is 12.1. The Morgan fingerprint density at radius 1 is 1.53 bits per heavy atom. The number of nitrogen functional groups attached to an aromatic ring is 1. The third-order valence-electron chi connectivity index (χ3n) is 2.15. The van der Waals surface area contributed by atoms with Crippen molar-refractivity contribution in [2.45, 2.75) is 6.54 Å². The standard InChI is InChI=1S/C10H11N7/c11-6-8-5-9(12)10(14-7-8)13-1-3-17-4-2-15-16-17/h2,4-5,7H,1,3,12H2,(H,13,14). The molecule has 0 aromatic carbocycles. The van der Waals surface area contributed by atoms with Gasteiger partial charge >= 0.3 is 0 Å². The van der Waals surface area contributed by atoms with E-state index in [2.05, 4.69) is 20.6 Å². The van der Waals surface area contributed by atoms with Crippen LogP contribution in [-0.2, 0) is 6.54 Å². The molecule has 2 heterocycles. The number of aromatic nitrogens is 4. The summed E-state index contributed by atoms with van der Waals surface area (Å²) < 4.78 is 1.70. The highest BCUT2D eigenvalue weighted by molar-refractivity contribution is 5.62. The van der Waals surface area contributed by atoms with Gasteiger partial charge < -0.3 is 11.1 Å². The predicted octanol–water partition coefficient (Wildman–Crippen LogP) is 0.239. The van der Waals surface area contributed by atoms with Crippen LogP contribution in [-0.4, -0.2) is 26.5 Å². The Labute approximate surface area is 97.9 Å². The van der Waals surface area contributed by atoms with Gasteiger partial charge in [-0.25, -0.2) is 4.98 Å². The van der Waals surface area contributed by atoms with Crippen LogP contribution in [0.2, 0.25) is 0 Å². The fourth-order valence-electron chi connectivity index (χ4n) is 1.33. The van der Waals surface area contributed by atoms with Crippen molar-refractivity contribution in [3.05, 3.63) is 30.2 Å². The number of pyridine rings is 1. The number of rotatable bonds is 4. The summed E-state index contributed by atoms with van der Waals surface area (Å²) in [5.41, 5.74) is 6.65. The second-order valence-corrected chi connectivity index (χ2v) is 3.37.